The number of rotatable bonds is 3. The molecule has 21 heavy (non-hydrogen) atoms. The second-order valence-corrected chi connectivity index (χ2v) is 7.23. The van der Waals surface area contributed by atoms with E-state index in [1.807, 2.05) is 20.8 Å². The van der Waals surface area contributed by atoms with Crippen molar-refractivity contribution in [3.8, 4) is 0 Å². The summed E-state index contributed by atoms with van der Waals surface area (Å²) in [5, 5.41) is 3.32. The Labute approximate surface area is 128 Å². The van der Waals surface area contributed by atoms with E-state index in [1.165, 1.54) is 11.1 Å². The minimum absolute atomic E-state index is 0.0888. The Morgan fingerprint density at radius 3 is 2.33 bits per heavy atom. The van der Waals surface area contributed by atoms with Crippen LogP contribution in [-0.4, -0.2) is 24.7 Å². The van der Waals surface area contributed by atoms with Crippen LogP contribution in [0.3, 0.4) is 0 Å². The van der Waals surface area contributed by atoms with Crippen molar-refractivity contribution in [1.82, 2.24) is 5.32 Å². The molecular formula is C18H27NO2. The van der Waals surface area contributed by atoms with Gasteiger partial charge in [-0.15, -0.1) is 0 Å². The molecule has 0 spiro atoms. The summed E-state index contributed by atoms with van der Waals surface area (Å²) in [5.41, 5.74) is 2.13. The first-order valence-corrected chi connectivity index (χ1v) is 7.81. The molecular weight excluding hydrogens is 262 g/mol. The predicted octanol–water partition coefficient (Wildman–Crippen LogP) is 3.45. The molecule has 0 saturated carbocycles. The van der Waals surface area contributed by atoms with Crippen LogP contribution in [0.4, 0.5) is 0 Å². The fourth-order valence-corrected chi connectivity index (χ4v) is 2.78. The molecule has 1 aliphatic heterocycles. The van der Waals surface area contributed by atoms with Crippen molar-refractivity contribution in [3.63, 3.8) is 0 Å². The van der Waals surface area contributed by atoms with Gasteiger partial charge in [0.2, 0.25) is 0 Å². The summed E-state index contributed by atoms with van der Waals surface area (Å²) >= 11 is 0. The summed E-state index contributed by atoms with van der Waals surface area (Å²) in [5.74, 6) is 0.558. The average Bonchev–Trinajstić information content (AvgIpc) is 2.86. The third kappa shape index (κ3) is 4.07. The van der Waals surface area contributed by atoms with Crippen LogP contribution in [0, 0.1) is 5.92 Å². The zero-order valence-electron chi connectivity index (χ0n) is 13.8. The van der Waals surface area contributed by atoms with Crippen LogP contribution in [-0.2, 0) is 9.53 Å². The highest BCUT2D eigenvalue weighted by Crippen LogP contribution is 2.31. The monoisotopic (exact) mass is 289 g/mol. The van der Waals surface area contributed by atoms with E-state index in [2.05, 4.69) is 43.4 Å². The number of benzene rings is 1. The first-order chi connectivity index (χ1) is 9.78. The van der Waals surface area contributed by atoms with E-state index < -0.39 is 5.60 Å². The number of nitrogens with one attached hydrogen (secondary N) is 1. The van der Waals surface area contributed by atoms with Crippen LogP contribution < -0.4 is 5.32 Å². The summed E-state index contributed by atoms with van der Waals surface area (Å²) < 4.78 is 5.56. The van der Waals surface area contributed by atoms with Gasteiger partial charge in [0, 0.05) is 19.0 Å². The Morgan fingerprint density at radius 2 is 1.81 bits per heavy atom. The smallest absolute Gasteiger partial charge is 0.311 e. The number of esters is 1. The van der Waals surface area contributed by atoms with Crippen LogP contribution in [0.25, 0.3) is 0 Å². The van der Waals surface area contributed by atoms with Gasteiger partial charge >= 0.3 is 5.97 Å². The van der Waals surface area contributed by atoms with Gasteiger partial charge in [-0.1, -0.05) is 38.1 Å². The van der Waals surface area contributed by atoms with Crippen LogP contribution in [0.5, 0.6) is 0 Å². The maximum Gasteiger partial charge on any atom is 0.311 e. The van der Waals surface area contributed by atoms with E-state index in [0.717, 1.165) is 6.54 Å². The standard InChI is InChI=1S/C18H27NO2/c1-12(2)13-6-8-14(9-7-13)15-10-19-11-16(15)17(20)21-18(3,4)5/h6-9,12,15-16,19H,10-11H2,1-5H3/t15-,16+/m0/s1. The summed E-state index contributed by atoms with van der Waals surface area (Å²) in [6.07, 6.45) is 0. The molecule has 1 heterocycles. The lowest BCUT2D eigenvalue weighted by molar-refractivity contribution is -0.159. The number of hydrogen-bond donors (Lipinski definition) is 1. The molecule has 0 amide bonds. The molecule has 0 unspecified atom stereocenters. The Hall–Kier alpha value is -1.35. The van der Waals surface area contributed by atoms with Crippen molar-refractivity contribution in [2.75, 3.05) is 13.1 Å². The Kier molecular flexibility index (Phi) is 4.72. The summed E-state index contributed by atoms with van der Waals surface area (Å²) in [6, 6.07) is 8.66. The molecule has 1 aromatic rings. The van der Waals surface area contributed by atoms with E-state index in [4.69, 9.17) is 4.74 Å². The third-order valence-corrected chi connectivity index (χ3v) is 3.96. The van der Waals surface area contributed by atoms with Crippen LogP contribution in [0.2, 0.25) is 0 Å². The predicted molar refractivity (Wildman–Crippen MR) is 85.5 cm³/mol. The Bertz CT molecular complexity index is 485. The SMILES string of the molecule is CC(C)c1ccc([C@@H]2CNC[C@H]2C(=O)OC(C)(C)C)cc1. The van der Waals surface area contributed by atoms with Crippen LogP contribution in [0.15, 0.2) is 24.3 Å². The van der Waals surface area contributed by atoms with Crippen molar-refractivity contribution in [2.45, 2.75) is 52.1 Å². The fourth-order valence-electron chi connectivity index (χ4n) is 2.78. The second kappa shape index (κ2) is 6.18. The summed E-state index contributed by atoms with van der Waals surface area (Å²) in [6.45, 7) is 11.7. The molecule has 3 heteroatoms. The number of carbonyl (C=O) groups is 1. The molecule has 1 fully saturated rings. The molecule has 2 rings (SSSR count). The van der Waals surface area contributed by atoms with Gasteiger partial charge in [-0.25, -0.2) is 0 Å². The minimum atomic E-state index is -0.425. The first-order valence-electron chi connectivity index (χ1n) is 7.81. The topological polar surface area (TPSA) is 38.3 Å². The number of ether oxygens (including phenoxy) is 1. The molecule has 0 aliphatic carbocycles. The highest BCUT2D eigenvalue weighted by Gasteiger charge is 2.36. The molecule has 116 valence electrons. The van der Waals surface area contributed by atoms with Crippen molar-refractivity contribution in [2.24, 2.45) is 5.92 Å². The second-order valence-electron chi connectivity index (χ2n) is 7.23. The number of carbonyl (C=O) groups excluding carboxylic acids is 1. The highest BCUT2D eigenvalue weighted by molar-refractivity contribution is 5.75. The van der Waals surface area contributed by atoms with Gasteiger partial charge in [-0.3, -0.25) is 4.79 Å². The minimum Gasteiger partial charge on any atom is -0.460 e. The van der Waals surface area contributed by atoms with Gasteiger partial charge in [-0.05, 0) is 37.8 Å². The van der Waals surface area contributed by atoms with Crippen molar-refractivity contribution >= 4 is 5.97 Å². The normalized spacial score (nSPS) is 22.6. The Balaban J connectivity index is 2.13. The molecule has 0 aromatic heterocycles. The summed E-state index contributed by atoms with van der Waals surface area (Å²) in [4.78, 5) is 12.4. The van der Waals surface area contributed by atoms with Gasteiger partial charge in [0.05, 0.1) is 5.92 Å². The number of hydrogen-bond acceptors (Lipinski definition) is 3. The van der Waals surface area contributed by atoms with Crippen molar-refractivity contribution in [3.05, 3.63) is 35.4 Å². The summed E-state index contributed by atoms with van der Waals surface area (Å²) in [7, 11) is 0. The van der Waals surface area contributed by atoms with Crippen LogP contribution in [0.1, 0.15) is 57.6 Å². The van der Waals surface area contributed by atoms with Crippen LogP contribution >= 0.6 is 0 Å². The molecule has 1 aliphatic rings. The lowest BCUT2D eigenvalue weighted by Crippen LogP contribution is -2.31. The average molecular weight is 289 g/mol. The van der Waals surface area contributed by atoms with Gasteiger partial charge in [0.15, 0.2) is 0 Å². The Morgan fingerprint density at radius 1 is 1.19 bits per heavy atom. The highest BCUT2D eigenvalue weighted by atomic mass is 16.6. The quantitative estimate of drug-likeness (QED) is 0.866. The first kappa shape index (κ1) is 16.0. The molecule has 0 radical (unpaired) electrons. The third-order valence-electron chi connectivity index (χ3n) is 3.96. The maximum absolute atomic E-state index is 12.4. The lowest BCUT2D eigenvalue weighted by atomic mass is 9.87. The molecule has 3 nitrogen and oxygen atoms in total. The van der Waals surface area contributed by atoms with E-state index in [1.54, 1.807) is 0 Å². The fraction of sp³-hybridized carbons (Fsp3) is 0.611. The zero-order valence-corrected chi connectivity index (χ0v) is 13.8. The molecule has 2 atom stereocenters. The molecule has 1 aromatic carbocycles. The zero-order chi connectivity index (χ0) is 15.6. The van der Waals surface area contributed by atoms with E-state index in [9.17, 15) is 4.79 Å². The van der Waals surface area contributed by atoms with E-state index in [0.29, 0.717) is 12.5 Å². The maximum atomic E-state index is 12.4. The van der Waals surface area contributed by atoms with Gasteiger partial charge in [-0.2, -0.15) is 0 Å². The molecule has 1 saturated heterocycles. The van der Waals surface area contributed by atoms with Crippen molar-refractivity contribution in [1.29, 1.82) is 0 Å². The van der Waals surface area contributed by atoms with E-state index >= 15 is 0 Å². The van der Waals surface area contributed by atoms with Gasteiger partial charge in [0.1, 0.15) is 5.60 Å². The van der Waals surface area contributed by atoms with Crippen molar-refractivity contribution < 1.29 is 9.53 Å². The van der Waals surface area contributed by atoms with Gasteiger partial charge in [0.25, 0.3) is 0 Å². The lowest BCUT2D eigenvalue weighted by Gasteiger charge is -2.24. The molecule has 1 N–H and O–H groups in total. The molecule has 0 bridgehead atoms. The van der Waals surface area contributed by atoms with E-state index in [-0.39, 0.29) is 17.8 Å². The van der Waals surface area contributed by atoms with Gasteiger partial charge < -0.3 is 10.1 Å². The largest absolute Gasteiger partial charge is 0.460 e.